The average Bonchev–Trinajstić information content (AvgIpc) is 1.88. The van der Waals surface area contributed by atoms with Crippen molar-refractivity contribution in [2.75, 3.05) is 11.8 Å². The highest BCUT2D eigenvalue weighted by Crippen LogP contribution is 1.95. The van der Waals surface area contributed by atoms with Gasteiger partial charge in [0.05, 0.1) is 6.07 Å². The SMILES string of the molecule is CC#N.CC(Cl)Cl.ClCCCl. The summed E-state index contributed by atoms with van der Waals surface area (Å²) < 4.78 is 0. The summed E-state index contributed by atoms with van der Waals surface area (Å²) in [5.74, 6) is 1.11. The topological polar surface area (TPSA) is 23.8 Å². The summed E-state index contributed by atoms with van der Waals surface area (Å²) in [6.45, 7) is 3.13. The molecule has 11 heavy (non-hydrogen) atoms. The second-order valence-electron chi connectivity index (χ2n) is 1.12. The molecule has 0 aliphatic rings. The van der Waals surface area contributed by atoms with Gasteiger partial charge in [-0.05, 0) is 6.92 Å². The Hall–Kier alpha value is 0.650. The summed E-state index contributed by atoms with van der Waals surface area (Å²) >= 11 is 20.2. The van der Waals surface area contributed by atoms with Crippen LogP contribution in [-0.4, -0.2) is 16.6 Å². The Balaban J connectivity index is -0.0000000886. The van der Waals surface area contributed by atoms with Gasteiger partial charge in [-0.3, -0.25) is 0 Å². The van der Waals surface area contributed by atoms with E-state index in [4.69, 9.17) is 51.7 Å². The van der Waals surface area contributed by atoms with Crippen LogP contribution in [0.25, 0.3) is 0 Å². The van der Waals surface area contributed by atoms with Gasteiger partial charge in [-0.2, -0.15) is 5.26 Å². The Labute approximate surface area is 88.2 Å². The van der Waals surface area contributed by atoms with E-state index in [1.807, 2.05) is 0 Å². The minimum absolute atomic E-state index is 0.222. The van der Waals surface area contributed by atoms with E-state index in [-0.39, 0.29) is 4.84 Å². The second kappa shape index (κ2) is 22.4. The minimum atomic E-state index is -0.222. The van der Waals surface area contributed by atoms with Crippen LogP contribution in [0.4, 0.5) is 0 Å². The first kappa shape index (κ1) is 17.7. The van der Waals surface area contributed by atoms with E-state index in [0.717, 1.165) is 0 Å². The molecule has 0 saturated heterocycles. The molecule has 0 spiro atoms. The predicted molar refractivity (Wildman–Crippen MR) is 53.9 cm³/mol. The molecule has 0 aliphatic heterocycles. The average molecular weight is 239 g/mol. The van der Waals surface area contributed by atoms with Crippen LogP contribution in [0.15, 0.2) is 0 Å². The van der Waals surface area contributed by atoms with Gasteiger partial charge in [-0.1, -0.05) is 0 Å². The molecule has 0 amide bonds. The Bertz CT molecular complexity index is 74.4. The molecule has 68 valence electrons. The molecule has 0 unspecified atom stereocenters. The number of hydrogen-bond donors (Lipinski definition) is 0. The fourth-order valence-corrected chi connectivity index (χ4v) is 0. The van der Waals surface area contributed by atoms with Crippen LogP contribution in [0, 0.1) is 11.3 Å². The fraction of sp³-hybridized carbons (Fsp3) is 0.833. The molecule has 0 aliphatic carbocycles. The van der Waals surface area contributed by atoms with E-state index in [2.05, 4.69) is 0 Å². The number of nitriles is 1. The molecule has 0 radical (unpaired) electrons. The van der Waals surface area contributed by atoms with Crippen molar-refractivity contribution in [3.63, 3.8) is 0 Å². The molecule has 0 saturated carbocycles. The quantitative estimate of drug-likeness (QED) is 0.638. The summed E-state index contributed by atoms with van der Waals surface area (Å²) in [7, 11) is 0. The third-order valence-electron chi connectivity index (χ3n) is 0.0714. The first-order valence-electron chi connectivity index (χ1n) is 2.77. The number of rotatable bonds is 1. The summed E-state index contributed by atoms with van der Waals surface area (Å²) in [5, 5.41) is 7.32. The first-order chi connectivity index (χ1) is 5.06. The molecule has 0 rings (SSSR count). The van der Waals surface area contributed by atoms with Crippen LogP contribution >= 0.6 is 46.4 Å². The maximum absolute atomic E-state index is 7.32. The van der Waals surface area contributed by atoms with Crippen LogP contribution in [-0.2, 0) is 0 Å². The predicted octanol–water partition coefficient (Wildman–Crippen LogP) is 3.80. The number of hydrogen-bond acceptors (Lipinski definition) is 1. The largest absolute Gasteiger partial charge is 0.199 e. The molecule has 5 heteroatoms. The fourth-order valence-electron chi connectivity index (χ4n) is 0. The van der Waals surface area contributed by atoms with Crippen LogP contribution in [0.1, 0.15) is 13.8 Å². The molecular weight excluding hydrogens is 228 g/mol. The molecule has 0 heterocycles. The van der Waals surface area contributed by atoms with Crippen LogP contribution in [0.3, 0.4) is 0 Å². The minimum Gasteiger partial charge on any atom is -0.199 e. The van der Waals surface area contributed by atoms with Gasteiger partial charge in [0.15, 0.2) is 0 Å². The van der Waals surface area contributed by atoms with Gasteiger partial charge in [0.25, 0.3) is 0 Å². The lowest BCUT2D eigenvalue weighted by Gasteiger charge is -1.72. The molecule has 0 aromatic carbocycles. The maximum atomic E-state index is 7.32. The highest BCUT2D eigenvalue weighted by atomic mass is 35.5. The summed E-state index contributed by atoms with van der Waals surface area (Å²) in [4.78, 5) is -0.222. The van der Waals surface area contributed by atoms with Crippen molar-refractivity contribution in [2.45, 2.75) is 18.7 Å². The third kappa shape index (κ3) is 293. The second-order valence-corrected chi connectivity index (χ2v) is 3.41. The lowest BCUT2D eigenvalue weighted by Crippen LogP contribution is -1.63. The van der Waals surface area contributed by atoms with Gasteiger partial charge >= 0.3 is 0 Å². The normalized spacial score (nSPS) is 6.73. The van der Waals surface area contributed by atoms with E-state index in [9.17, 15) is 0 Å². The standard InChI is InChI=1S/2C2H4Cl2.C2H3N/c1-2(3)4;3-1-2-4;1-2-3/h2H,1H3;1-2H2;1H3. The van der Waals surface area contributed by atoms with Gasteiger partial charge in [0.2, 0.25) is 0 Å². The molecule has 0 bridgehead atoms. The lowest BCUT2D eigenvalue weighted by molar-refractivity contribution is 1.39. The molecular formula is C6H11Cl4N. The Morgan fingerprint density at radius 2 is 1.36 bits per heavy atom. The third-order valence-corrected chi connectivity index (χ3v) is 0.643. The molecule has 0 aromatic rings. The van der Waals surface area contributed by atoms with Crippen molar-refractivity contribution in [1.82, 2.24) is 0 Å². The monoisotopic (exact) mass is 237 g/mol. The van der Waals surface area contributed by atoms with Crippen molar-refractivity contribution in [1.29, 1.82) is 5.26 Å². The van der Waals surface area contributed by atoms with Gasteiger partial charge in [-0.25, -0.2) is 0 Å². The van der Waals surface area contributed by atoms with E-state index < -0.39 is 0 Å². The number of nitrogens with zero attached hydrogens (tertiary/aromatic N) is 1. The highest BCUT2D eigenvalue weighted by Gasteiger charge is 1.75. The molecule has 1 nitrogen and oxygen atoms in total. The van der Waals surface area contributed by atoms with Gasteiger partial charge in [-0.15, -0.1) is 46.4 Å². The molecule has 0 N–H and O–H groups in total. The highest BCUT2D eigenvalue weighted by molar-refractivity contribution is 6.43. The van der Waals surface area contributed by atoms with Gasteiger partial charge in [0, 0.05) is 18.7 Å². The van der Waals surface area contributed by atoms with E-state index >= 15 is 0 Å². The number of alkyl halides is 4. The molecule has 0 aromatic heterocycles. The van der Waals surface area contributed by atoms with Gasteiger partial charge < -0.3 is 0 Å². The molecule has 0 fully saturated rings. The smallest absolute Gasteiger partial charge is 0.105 e. The molecule has 0 atom stereocenters. The van der Waals surface area contributed by atoms with Crippen LogP contribution in [0.5, 0.6) is 0 Å². The zero-order chi connectivity index (χ0) is 9.70. The van der Waals surface area contributed by atoms with Crippen molar-refractivity contribution < 1.29 is 0 Å². The Morgan fingerprint density at radius 3 is 1.36 bits per heavy atom. The first-order valence-corrected chi connectivity index (χ1v) is 4.71. The Morgan fingerprint density at radius 1 is 1.27 bits per heavy atom. The van der Waals surface area contributed by atoms with E-state index in [0.29, 0.717) is 11.8 Å². The summed E-state index contributed by atoms with van der Waals surface area (Å²) in [5.41, 5.74) is 0. The number of halogens is 4. The Kier molecular flexibility index (Phi) is 36.0. The summed E-state index contributed by atoms with van der Waals surface area (Å²) in [6, 6.07) is 1.75. The van der Waals surface area contributed by atoms with Crippen LogP contribution < -0.4 is 0 Å². The van der Waals surface area contributed by atoms with Crippen molar-refractivity contribution in [3.05, 3.63) is 0 Å². The van der Waals surface area contributed by atoms with Gasteiger partial charge in [0.1, 0.15) is 4.84 Å². The zero-order valence-corrected chi connectivity index (χ0v) is 9.47. The lowest BCUT2D eigenvalue weighted by atomic mass is 11.0. The van der Waals surface area contributed by atoms with Crippen molar-refractivity contribution >= 4 is 46.4 Å². The zero-order valence-electron chi connectivity index (χ0n) is 6.45. The van der Waals surface area contributed by atoms with Crippen LogP contribution in [0.2, 0.25) is 0 Å². The summed E-state index contributed by atoms with van der Waals surface area (Å²) in [6.07, 6.45) is 0. The van der Waals surface area contributed by atoms with Crippen molar-refractivity contribution in [3.8, 4) is 6.07 Å². The maximum Gasteiger partial charge on any atom is 0.105 e. The van der Waals surface area contributed by atoms with Crippen molar-refractivity contribution in [2.24, 2.45) is 0 Å². The van der Waals surface area contributed by atoms with E-state index in [1.165, 1.54) is 6.92 Å². The van der Waals surface area contributed by atoms with E-state index in [1.54, 1.807) is 13.0 Å².